The molecule has 118 valence electrons. The molecule has 0 spiro atoms. The molecule has 3 heterocycles. The Morgan fingerprint density at radius 2 is 2.27 bits per heavy atom. The van der Waals surface area contributed by atoms with E-state index in [4.69, 9.17) is 0 Å². The standard InChI is InChI=1S/C16H22N4O2/c1-10(2)20-15-14(7-17-20)13(6-11(3)18-15)16(22)19-5-4-12(8-19)9-21/h6-7,10,12,21H,4-5,8-9H2,1-3H3. The smallest absolute Gasteiger partial charge is 0.254 e. The molecule has 22 heavy (non-hydrogen) atoms. The molecular weight excluding hydrogens is 280 g/mol. The largest absolute Gasteiger partial charge is 0.396 e. The van der Waals surface area contributed by atoms with Gasteiger partial charge in [-0.05, 0) is 33.3 Å². The fraction of sp³-hybridized carbons (Fsp3) is 0.562. The molecule has 6 nitrogen and oxygen atoms in total. The summed E-state index contributed by atoms with van der Waals surface area (Å²) in [6.07, 6.45) is 2.59. The van der Waals surface area contributed by atoms with Crippen LogP contribution in [0.3, 0.4) is 0 Å². The number of carbonyl (C=O) groups excluding carboxylic acids is 1. The van der Waals surface area contributed by atoms with Gasteiger partial charge in [0.25, 0.3) is 5.91 Å². The van der Waals surface area contributed by atoms with Crippen molar-refractivity contribution >= 4 is 16.9 Å². The van der Waals surface area contributed by atoms with Crippen LogP contribution in [-0.4, -0.2) is 50.4 Å². The number of fused-ring (bicyclic) bond motifs is 1. The molecule has 3 rings (SSSR count). The highest BCUT2D eigenvalue weighted by atomic mass is 16.3. The summed E-state index contributed by atoms with van der Waals surface area (Å²) in [7, 11) is 0. The highest BCUT2D eigenvalue weighted by Crippen LogP contribution is 2.24. The molecule has 6 heteroatoms. The van der Waals surface area contributed by atoms with Crippen LogP contribution in [-0.2, 0) is 0 Å². The van der Waals surface area contributed by atoms with E-state index in [0.29, 0.717) is 18.7 Å². The second-order valence-corrected chi connectivity index (χ2v) is 6.32. The third-order valence-corrected chi connectivity index (χ3v) is 4.25. The topological polar surface area (TPSA) is 71.2 Å². The van der Waals surface area contributed by atoms with Crippen LogP contribution in [0.5, 0.6) is 0 Å². The molecule has 1 aliphatic heterocycles. The molecule has 1 atom stereocenters. The molecule has 1 saturated heterocycles. The molecule has 1 fully saturated rings. The van der Waals surface area contributed by atoms with Crippen LogP contribution in [0.15, 0.2) is 12.3 Å². The molecule has 2 aromatic heterocycles. The summed E-state index contributed by atoms with van der Waals surface area (Å²) in [5, 5.41) is 14.4. The van der Waals surface area contributed by atoms with Gasteiger partial charge in [0.1, 0.15) is 0 Å². The van der Waals surface area contributed by atoms with Crippen molar-refractivity contribution in [3.05, 3.63) is 23.5 Å². The van der Waals surface area contributed by atoms with Crippen LogP contribution in [0.4, 0.5) is 0 Å². The average molecular weight is 302 g/mol. The summed E-state index contributed by atoms with van der Waals surface area (Å²) in [6.45, 7) is 7.45. The number of hydrogen-bond donors (Lipinski definition) is 1. The lowest BCUT2D eigenvalue weighted by molar-refractivity contribution is 0.0783. The van der Waals surface area contributed by atoms with Crippen molar-refractivity contribution in [1.82, 2.24) is 19.7 Å². The van der Waals surface area contributed by atoms with Gasteiger partial charge in [-0.25, -0.2) is 9.67 Å². The van der Waals surface area contributed by atoms with E-state index in [1.54, 1.807) is 6.20 Å². The molecule has 2 aromatic rings. The summed E-state index contributed by atoms with van der Waals surface area (Å²) in [5.74, 6) is 0.204. The van der Waals surface area contributed by atoms with Crippen molar-refractivity contribution in [3.8, 4) is 0 Å². The fourth-order valence-corrected chi connectivity index (χ4v) is 3.03. The van der Waals surface area contributed by atoms with E-state index < -0.39 is 0 Å². The number of hydrogen-bond acceptors (Lipinski definition) is 4. The Kier molecular flexibility index (Phi) is 3.87. The van der Waals surface area contributed by atoms with E-state index in [1.165, 1.54) is 0 Å². The Bertz CT molecular complexity index is 707. The van der Waals surface area contributed by atoms with Gasteiger partial charge in [-0.1, -0.05) is 0 Å². The zero-order valence-corrected chi connectivity index (χ0v) is 13.3. The van der Waals surface area contributed by atoms with Gasteiger partial charge in [-0.2, -0.15) is 5.10 Å². The summed E-state index contributed by atoms with van der Waals surface area (Å²) in [5.41, 5.74) is 2.24. The lowest BCUT2D eigenvalue weighted by Gasteiger charge is -2.17. The number of pyridine rings is 1. The molecule has 1 unspecified atom stereocenters. The van der Waals surface area contributed by atoms with E-state index >= 15 is 0 Å². The maximum absolute atomic E-state index is 12.8. The Labute approximate surface area is 129 Å². The van der Waals surface area contributed by atoms with E-state index in [0.717, 1.165) is 23.1 Å². The lowest BCUT2D eigenvalue weighted by atomic mass is 10.1. The molecule has 0 saturated carbocycles. The van der Waals surface area contributed by atoms with Crippen molar-refractivity contribution < 1.29 is 9.90 Å². The van der Waals surface area contributed by atoms with E-state index in [2.05, 4.69) is 10.1 Å². The molecule has 0 aliphatic carbocycles. The molecule has 0 bridgehead atoms. The highest BCUT2D eigenvalue weighted by molar-refractivity contribution is 6.05. The van der Waals surface area contributed by atoms with E-state index in [9.17, 15) is 9.90 Å². The second kappa shape index (κ2) is 5.68. The van der Waals surface area contributed by atoms with Crippen molar-refractivity contribution in [2.75, 3.05) is 19.7 Å². The zero-order chi connectivity index (χ0) is 15.9. The van der Waals surface area contributed by atoms with Crippen molar-refractivity contribution in [3.63, 3.8) is 0 Å². The van der Waals surface area contributed by atoms with E-state index in [1.807, 2.05) is 36.4 Å². The molecule has 0 aromatic carbocycles. The zero-order valence-electron chi connectivity index (χ0n) is 13.3. The first-order valence-corrected chi connectivity index (χ1v) is 7.76. The Balaban J connectivity index is 2.02. The van der Waals surface area contributed by atoms with Crippen LogP contribution >= 0.6 is 0 Å². The molecule has 0 radical (unpaired) electrons. The number of nitrogens with zero attached hydrogens (tertiary/aromatic N) is 4. The quantitative estimate of drug-likeness (QED) is 0.938. The van der Waals surface area contributed by atoms with Gasteiger partial charge in [-0.3, -0.25) is 4.79 Å². The summed E-state index contributed by atoms with van der Waals surface area (Å²) in [4.78, 5) is 19.2. The minimum Gasteiger partial charge on any atom is -0.396 e. The summed E-state index contributed by atoms with van der Waals surface area (Å²) < 4.78 is 1.85. The van der Waals surface area contributed by atoms with Crippen molar-refractivity contribution in [1.29, 1.82) is 0 Å². The van der Waals surface area contributed by atoms with Gasteiger partial charge in [0.2, 0.25) is 0 Å². The normalized spacial score (nSPS) is 18.6. The number of aliphatic hydroxyl groups is 1. The number of aryl methyl sites for hydroxylation is 1. The first-order valence-electron chi connectivity index (χ1n) is 7.76. The third kappa shape index (κ3) is 2.47. The van der Waals surface area contributed by atoms with Gasteiger partial charge in [0.05, 0.1) is 17.1 Å². The van der Waals surface area contributed by atoms with Crippen LogP contribution in [0, 0.1) is 12.8 Å². The SMILES string of the molecule is Cc1cc(C(=O)N2CCC(CO)C2)c2cnn(C(C)C)c2n1. The first-order chi connectivity index (χ1) is 10.5. The minimum absolute atomic E-state index is 0.00903. The third-order valence-electron chi connectivity index (χ3n) is 4.25. The van der Waals surface area contributed by atoms with Gasteiger partial charge >= 0.3 is 0 Å². The summed E-state index contributed by atoms with van der Waals surface area (Å²) in [6, 6.07) is 2.03. The maximum atomic E-state index is 12.8. The number of carbonyl (C=O) groups is 1. The number of likely N-dealkylation sites (tertiary alicyclic amines) is 1. The second-order valence-electron chi connectivity index (χ2n) is 6.32. The Morgan fingerprint density at radius 3 is 2.91 bits per heavy atom. The average Bonchev–Trinajstić information content (AvgIpc) is 3.11. The monoisotopic (exact) mass is 302 g/mol. The highest BCUT2D eigenvalue weighted by Gasteiger charge is 2.28. The molecule has 1 N–H and O–H groups in total. The Hall–Kier alpha value is -1.95. The number of rotatable bonds is 3. The predicted molar refractivity (Wildman–Crippen MR) is 83.7 cm³/mol. The number of aromatic nitrogens is 3. The Morgan fingerprint density at radius 1 is 1.50 bits per heavy atom. The molecule has 1 amide bonds. The van der Waals surface area contributed by atoms with Gasteiger partial charge in [0.15, 0.2) is 5.65 Å². The van der Waals surface area contributed by atoms with Crippen LogP contribution in [0.1, 0.15) is 42.4 Å². The van der Waals surface area contributed by atoms with E-state index in [-0.39, 0.29) is 24.5 Å². The van der Waals surface area contributed by atoms with Crippen molar-refractivity contribution in [2.24, 2.45) is 5.92 Å². The predicted octanol–water partition coefficient (Wildman–Crippen LogP) is 1.78. The molecule has 1 aliphatic rings. The first kappa shape index (κ1) is 15.0. The molecular formula is C16H22N4O2. The fourth-order valence-electron chi connectivity index (χ4n) is 3.03. The van der Waals surface area contributed by atoms with Gasteiger partial charge in [-0.15, -0.1) is 0 Å². The number of aliphatic hydroxyl groups excluding tert-OH is 1. The maximum Gasteiger partial charge on any atom is 0.254 e. The number of amides is 1. The van der Waals surface area contributed by atoms with Gasteiger partial charge < -0.3 is 10.0 Å². The van der Waals surface area contributed by atoms with Crippen molar-refractivity contribution in [2.45, 2.75) is 33.2 Å². The lowest BCUT2D eigenvalue weighted by Crippen LogP contribution is -2.29. The summed E-state index contributed by atoms with van der Waals surface area (Å²) >= 11 is 0. The minimum atomic E-state index is 0.00903. The van der Waals surface area contributed by atoms with Gasteiger partial charge in [0, 0.05) is 37.4 Å². The van der Waals surface area contributed by atoms with Crippen LogP contribution in [0.2, 0.25) is 0 Å². The van der Waals surface area contributed by atoms with Crippen LogP contribution < -0.4 is 0 Å². The van der Waals surface area contributed by atoms with Crippen LogP contribution in [0.25, 0.3) is 11.0 Å².